The lowest BCUT2D eigenvalue weighted by Crippen LogP contribution is -1.96. The Kier molecular flexibility index (Phi) is 6.01. The van der Waals surface area contributed by atoms with Crippen molar-refractivity contribution in [2.45, 2.75) is 52.1 Å². The van der Waals surface area contributed by atoms with Gasteiger partial charge < -0.3 is 0 Å². The molecule has 0 aromatic rings. The first kappa shape index (κ1) is 8.93. The minimum absolute atomic E-state index is 0.545. The largest absolute Gasteiger partial charge is 0.248 e. The van der Waals surface area contributed by atoms with Gasteiger partial charge in [-0.15, -0.1) is 0 Å². The van der Waals surface area contributed by atoms with E-state index >= 15 is 0 Å². The Balaban J connectivity index is 2.88. The Morgan fingerprint density at radius 3 is 2.33 bits per heavy atom. The molecule has 0 aromatic heterocycles. The molecule has 0 saturated carbocycles. The second kappa shape index (κ2) is 6.06. The maximum atomic E-state index is 12.5. The average Bonchev–Trinajstić information content (AvgIpc) is 1.89. The zero-order valence-corrected chi connectivity index (χ0v) is 6.49. The summed E-state index contributed by atoms with van der Waals surface area (Å²) in [6, 6.07) is 0. The number of rotatable bonds is 5. The Hall–Kier alpha value is -0.0700. The normalized spacial score (nSPS) is 13.7. The van der Waals surface area contributed by atoms with E-state index in [2.05, 4.69) is 6.92 Å². The highest BCUT2D eigenvalue weighted by Crippen LogP contribution is 2.08. The van der Waals surface area contributed by atoms with Crippen molar-refractivity contribution in [1.82, 2.24) is 0 Å². The fourth-order valence-electron chi connectivity index (χ4n) is 0.820. The van der Waals surface area contributed by atoms with Gasteiger partial charge in [0.1, 0.15) is 0 Å². The molecule has 56 valence electrons. The molecule has 9 heavy (non-hydrogen) atoms. The second-order valence-corrected chi connectivity index (χ2v) is 2.50. The van der Waals surface area contributed by atoms with E-state index in [1.165, 1.54) is 12.8 Å². The summed E-state index contributed by atoms with van der Waals surface area (Å²) in [5, 5.41) is 0. The van der Waals surface area contributed by atoms with E-state index in [1.807, 2.05) is 6.92 Å². The van der Waals surface area contributed by atoms with Crippen molar-refractivity contribution in [3.8, 4) is 0 Å². The van der Waals surface area contributed by atoms with Gasteiger partial charge in [0.15, 0.2) is 0 Å². The van der Waals surface area contributed by atoms with Crippen LogP contribution < -0.4 is 0 Å². The molecule has 0 aliphatic heterocycles. The third kappa shape index (κ3) is 5.81. The summed E-state index contributed by atoms with van der Waals surface area (Å²) in [4.78, 5) is 0. The summed E-state index contributed by atoms with van der Waals surface area (Å²) in [6.07, 6.45) is 4.34. The van der Waals surface area contributed by atoms with Crippen molar-refractivity contribution in [3.05, 3.63) is 0 Å². The Morgan fingerprint density at radius 1 is 1.22 bits per heavy atom. The second-order valence-electron chi connectivity index (χ2n) is 2.50. The van der Waals surface area contributed by atoms with Crippen LogP contribution in [-0.2, 0) is 0 Å². The van der Waals surface area contributed by atoms with Crippen LogP contribution in [0.25, 0.3) is 0 Å². The standard InChI is InChI=1S/C8H17F/c1-3-5-6-7-8(9)4-2/h8H,3-7H2,1-2H3. The van der Waals surface area contributed by atoms with Crippen molar-refractivity contribution in [2.75, 3.05) is 0 Å². The third-order valence-electron chi connectivity index (χ3n) is 1.56. The molecule has 0 heterocycles. The van der Waals surface area contributed by atoms with Crippen molar-refractivity contribution in [3.63, 3.8) is 0 Å². The molecule has 1 heteroatoms. The highest BCUT2D eigenvalue weighted by molar-refractivity contribution is 4.51. The SMILES string of the molecule is CCCCCC(F)CC. The zero-order valence-electron chi connectivity index (χ0n) is 6.49. The third-order valence-corrected chi connectivity index (χ3v) is 1.56. The van der Waals surface area contributed by atoms with Crippen LogP contribution in [0.5, 0.6) is 0 Å². The predicted molar refractivity (Wildman–Crippen MR) is 39.3 cm³/mol. The molecule has 1 unspecified atom stereocenters. The van der Waals surface area contributed by atoms with Gasteiger partial charge in [-0.25, -0.2) is 4.39 Å². The minimum Gasteiger partial charge on any atom is -0.248 e. The highest BCUT2D eigenvalue weighted by Gasteiger charge is 2.00. The summed E-state index contributed by atoms with van der Waals surface area (Å²) in [7, 11) is 0. The molecule has 0 aromatic carbocycles. The molecule has 0 nitrogen and oxygen atoms in total. The Bertz CT molecular complexity index is 52.5. The molecule has 0 radical (unpaired) electrons. The summed E-state index contributed by atoms with van der Waals surface area (Å²) in [5.41, 5.74) is 0. The van der Waals surface area contributed by atoms with E-state index in [0.717, 1.165) is 12.8 Å². The fourth-order valence-corrected chi connectivity index (χ4v) is 0.820. The number of hydrogen-bond acceptors (Lipinski definition) is 0. The molecule has 0 aliphatic carbocycles. The Labute approximate surface area is 57.5 Å². The smallest absolute Gasteiger partial charge is 0.0999 e. The predicted octanol–water partition coefficient (Wildman–Crippen LogP) is 3.31. The first-order valence-electron chi connectivity index (χ1n) is 3.95. The minimum atomic E-state index is -0.545. The molecular formula is C8H17F. The lowest BCUT2D eigenvalue weighted by molar-refractivity contribution is 0.297. The molecule has 0 saturated heterocycles. The maximum Gasteiger partial charge on any atom is 0.0999 e. The van der Waals surface area contributed by atoms with E-state index in [4.69, 9.17) is 0 Å². The number of halogens is 1. The number of alkyl halides is 1. The molecule has 0 spiro atoms. The fraction of sp³-hybridized carbons (Fsp3) is 1.00. The molecule has 0 bridgehead atoms. The first-order valence-corrected chi connectivity index (χ1v) is 3.95. The van der Waals surface area contributed by atoms with Gasteiger partial charge in [0, 0.05) is 0 Å². The van der Waals surface area contributed by atoms with Gasteiger partial charge in [-0.2, -0.15) is 0 Å². The summed E-state index contributed by atoms with van der Waals surface area (Å²) in [5.74, 6) is 0. The van der Waals surface area contributed by atoms with Gasteiger partial charge in [0.25, 0.3) is 0 Å². The quantitative estimate of drug-likeness (QED) is 0.503. The Morgan fingerprint density at radius 2 is 1.89 bits per heavy atom. The van der Waals surface area contributed by atoms with Crippen LogP contribution in [0.1, 0.15) is 46.0 Å². The van der Waals surface area contributed by atoms with Crippen LogP contribution in [0.15, 0.2) is 0 Å². The van der Waals surface area contributed by atoms with Crippen LogP contribution in [0.3, 0.4) is 0 Å². The molecule has 0 N–H and O–H groups in total. The van der Waals surface area contributed by atoms with Crippen molar-refractivity contribution < 1.29 is 4.39 Å². The maximum absolute atomic E-state index is 12.5. The van der Waals surface area contributed by atoms with Crippen molar-refractivity contribution in [1.29, 1.82) is 0 Å². The van der Waals surface area contributed by atoms with Gasteiger partial charge in [-0.3, -0.25) is 0 Å². The average molecular weight is 132 g/mol. The van der Waals surface area contributed by atoms with Crippen LogP contribution in [0, 0.1) is 0 Å². The number of hydrogen-bond donors (Lipinski definition) is 0. The van der Waals surface area contributed by atoms with Crippen molar-refractivity contribution in [2.24, 2.45) is 0 Å². The molecule has 0 rings (SSSR count). The summed E-state index contributed by atoms with van der Waals surface area (Å²) < 4.78 is 12.5. The van der Waals surface area contributed by atoms with E-state index in [1.54, 1.807) is 0 Å². The van der Waals surface area contributed by atoms with Gasteiger partial charge in [-0.1, -0.05) is 33.1 Å². The van der Waals surface area contributed by atoms with Gasteiger partial charge in [0.05, 0.1) is 6.17 Å². The van der Waals surface area contributed by atoms with Gasteiger partial charge in [-0.05, 0) is 12.8 Å². The topological polar surface area (TPSA) is 0 Å². The van der Waals surface area contributed by atoms with E-state index in [0.29, 0.717) is 6.42 Å². The van der Waals surface area contributed by atoms with Gasteiger partial charge in [0.2, 0.25) is 0 Å². The van der Waals surface area contributed by atoms with Crippen LogP contribution in [0.2, 0.25) is 0 Å². The molecule has 0 fully saturated rings. The zero-order chi connectivity index (χ0) is 7.11. The van der Waals surface area contributed by atoms with Gasteiger partial charge >= 0.3 is 0 Å². The highest BCUT2D eigenvalue weighted by atomic mass is 19.1. The van der Waals surface area contributed by atoms with Crippen LogP contribution in [0.4, 0.5) is 4.39 Å². The monoisotopic (exact) mass is 132 g/mol. The van der Waals surface area contributed by atoms with Crippen molar-refractivity contribution >= 4 is 0 Å². The van der Waals surface area contributed by atoms with Crippen LogP contribution in [-0.4, -0.2) is 6.17 Å². The number of unbranched alkanes of at least 4 members (excludes halogenated alkanes) is 2. The molecule has 1 atom stereocenters. The summed E-state index contributed by atoms with van der Waals surface area (Å²) >= 11 is 0. The van der Waals surface area contributed by atoms with E-state index in [9.17, 15) is 4.39 Å². The lowest BCUT2D eigenvalue weighted by atomic mass is 10.1. The lowest BCUT2D eigenvalue weighted by Gasteiger charge is -2.01. The van der Waals surface area contributed by atoms with E-state index < -0.39 is 6.17 Å². The summed E-state index contributed by atoms with van der Waals surface area (Å²) in [6.45, 7) is 4.04. The van der Waals surface area contributed by atoms with E-state index in [-0.39, 0.29) is 0 Å². The molecular weight excluding hydrogens is 115 g/mol. The van der Waals surface area contributed by atoms with Crippen LogP contribution >= 0.6 is 0 Å². The molecule has 0 aliphatic rings. The molecule has 0 amide bonds. The first-order chi connectivity index (χ1) is 4.31.